The van der Waals surface area contributed by atoms with Gasteiger partial charge in [-0.1, -0.05) is 48.0 Å². The van der Waals surface area contributed by atoms with E-state index >= 15 is 0 Å². The van der Waals surface area contributed by atoms with E-state index < -0.39 is 0 Å². The minimum absolute atomic E-state index is 0.0235. The van der Waals surface area contributed by atoms with Crippen molar-refractivity contribution >= 4 is 34.5 Å². The summed E-state index contributed by atoms with van der Waals surface area (Å²) >= 11 is 5.93. The van der Waals surface area contributed by atoms with E-state index in [1.807, 2.05) is 54.6 Å². The van der Waals surface area contributed by atoms with Gasteiger partial charge in [-0.05, 0) is 60.4 Å². The van der Waals surface area contributed by atoms with Crippen molar-refractivity contribution < 1.29 is 9.18 Å². The van der Waals surface area contributed by atoms with E-state index in [1.165, 1.54) is 6.07 Å². The molecule has 1 N–H and O–H groups in total. The first-order valence-corrected chi connectivity index (χ1v) is 11.9. The van der Waals surface area contributed by atoms with Gasteiger partial charge in [0.25, 0.3) is 0 Å². The van der Waals surface area contributed by atoms with Crippen molar-refractivity contribution in [3.63, 3.8) is 0 Å². The van der Waals surface area contributed by atoms with Gasteiger partial charge in [0.1, 0.15) is 5.82 Å². The van der Waals surface area contributed by atoms with Crippen molar-refractivity contribution in [2.75, 3.05) is 18.0 Å². The second-order valence-electron chi connectivity index (χ2n) is 8.72. The SMILES string of the molecule is O=C(NCc1ccc(Cl)cc1)C1CCN(c2nc3ccccc3n2Cc2cccc(F)c2)CC1. The zero-order chi connectivity index (χ0) is 23.5. The molecular weight excluding hydrogens is 451 g/mol. The number of aromatic nitrogens is 2. The minimum atomic E-state index is -0.242. The first-order valence-electron chi connectivity index (χ1n) is 11.5. The van der Waals surface area contributed by atoms with Crippen LogP contribution in [0.1, 0.15) is 24.0 Å². The summed E-state index contributed by atoms with van der Waals surface area (Å²) in [5.41, 5.74) is 3.85. The summed E-state index contributed by atoms with van der Waals surface area (Å²) in [4.78, 5) is 19.9. The van der Waals surface area contributed by atoms with Crippen LogP contribution in [0.3, 0.4) is 0 Å². The molecule has 3 aromatic carbocycles. The average molecular weight is 477 g/mol. The molecule has 1 amide bonds. The van der Waals surface area contributed by atoms with Crippen molar-refractivity contribution in [1.82, 2.24) is 14.9 Å². The van der Waals surface area contributed by atoms with Crippen molar-refractivity contribution in [3.8, 4) is 0 Å². The van der Waals surface area contributed by atoms with Crippen molar-refractivity contribution in [2.24, 2.45) is 5.92 Å². The Labute approximate surface area is 203 Å². The fourth-order valence-electron chi connectivity index (χ4n) is 4.56. The lowest BCUT2D eigenvalue weighted by molar-refractivity contribution is -0.125. The Hall–Kier alpha value is -3.38. The topological polar surface area (TPSA) is 50.2 Å². The van der Waals surface area contributed by atoms with Gasteiger partial charge in [0, 0.05) is 30.6 Å². The summed E-state index contributed by atoms with van der Waals surface area (Å²) < 4.78 is 15.9. The maximum atomic E-state index is 13.8. The van der Waals surface area contributed by atoms with Gasteiger partial charge in [-0.2, -0.15) is 0 Å². The summed E-state index contributed by atoms with van der Waals surface area (Å²) in [7, 11) is 0. The summed E-state index contributed by atoms with van der Waals surface area (Å²) in [5.74, 6) is 0.687. The number of piperidine rings is 1. The molecule has 1 fully saturated rings. The van der Waals surface area contributed by atoms with Gasteiger partial charge in [-0.25, -0.2) is 9.37 Å². The van der Waals surface area contributed by atoms with E-state index in [2.05, 4.69) is 14.8 Å². The maximum absolute atomic E-state index is 13.8. The van der Waals surface area contributed by atoms with E-state index in [0.29, 0.717) is 18.1 Å². The van der Waals surface area contributed by atoms with E-state index in [0.717, 1.165) is 54.0 Å². The number of nitrogens with zero attached hydrogens (tertiary/aromatic N) is 3. The number of hydrogen-bond donors (Lipinski definition) is 1. The molecule has 7 heteroatoms. The number of hydrogen-bond acceptors (Lipinski definition) is 3. The lowest BCUT2D eigenvalue weighted by Gasteiger charge is -2.32. The first kappa shape index (κ1) is 22.4. The van der Waals surface area contributed by atoms with Gasteiger partial charge in [-0.15, -0.1) is 0 Å². The summed E-state index contributed by atoms with van der Waals surface area (Å²) in [6.07, 6.45) is 1.52. The van der Waals surface area contributed by atoms with Gasteiger partial charge in [0.2, 0.25) is 11.9 Å². The Bertz CT molecular complexity index is 1300. The Balaban J connectivity index is 1.28. The Kier molecular flexibility index (Phi) is 6.50. The molecule has 0 bridgehead atoms. The molecule has 1 aliphatic rings. The van der Waals surface area contributed by atoms with E-state index in [-0.39, 0.29) is 17.6 Å². The Morgan fingerprint density at radius 2 is 1.76 bits per heavy atom. The van der Waals surface area contributed by atoms with Gasteiger partial charge in [0.05, 0.1) is 17.6 Å². The molecule has 0 saturated carbocycles. The van der Waals surface area contributed by atoms with Crippen LogP contribution in [-0.4, -0.2) is 28.5 Å². The van der Waals surface area contributed by atoms with Gasteiger partial charge < -0.3 is 14.8 Å². The van der Waals surface area contributed by atoms with Crippen molar-refractivity contribution in [1.29, 1.82) is 0 Å². The van der Waals surface area contributed by atoms with Gasteiger partial charge >= 0.3 is 0 Å². The van der Waals surface area contributed by atoms with Crippen LogP contribution >= 0.6 is 11.6 Å². The molecule has 2 heterocycles. The third kappa shape index (κ3) is 4.92. The maximum Gasteiger partial charge on any atom is 0.223 e. The third-order valence-electron chi connectivity index (χ3n) is 6.39. The molecule has 174 valence electrons. The first-order chi connectivity index (χ1) is 16.6. The van der Waals surface area contributed by atoms with Gasteiger partial charge in [0.15, 0.2) is 0 Å². The van der Waals surface area contributed by atoms with Crippen LogP contribution in [0.5, 0.6) is 0 Å². The van der Waals surface area contributed by atoms with Crippen LogP contribution in [0.4, 0.5) is 10.3 Å². The quantitative estimate of drug-likeness (QED) is 0.405. The number of rotatable bonds is 6. The molecule has 0 aliphatic carbocycles. The van der Waals surface area contributed by atoms with Crippen molar-refractivity contribution in [3.05, 3.63) is 94.8 Å². The monoisotopic (exact) mass is 476 g/mol. The molecule has 0 spiro atoms. The van der Waals surface area contributed by atoms with Crippen LogP contribution in [0.2, 0.25) is 5.02 Å². The van der Waals surface area contributed by atoms with Crippen LogP contribution in [0.25, 0.3) is 11.0 Å². The summed E-state index contributed by atoms with van der Waals surface area (Å²) in [6.45, 7) is 2.52. The number of para-hydroxylation sites is 2. The van der Waals surface area contributed by atoms with Crippen LogP contribution < -0.4 is 10.2 Å². The highest BCUT2D eigenvalue weighted by Gasteiger charge is 2.27. The number of fused-ring (bicyclic) bond motifs is 1. The molecular formula is C27H26ClFN4O. The second kappa shape index (κ2) is 9.85. The molecule has 0 atom stereocenters. The van der Waals surface area contributed by atoms with Crippen molar-refractivity contribution in [2.45, 2.75) is 25.9 Å². The molecule has 5 rings (SSSR count). The van der Waals surface area contributed by atoms with Crippen LogP contribution in [0.15, 0.2) is 72.8 Å². The number of benzene rings is 3. The van der Waals surface area contributed by atoms with Crippen LogP contribution in [-0.2, 0) is 17.9 Å². The normalized spacial score (nSPS) is 14.5. The standard InChI is InChI=1S/C27H26ClFN4O/c28-22-10-8-19(9-11-22)17-30-26(34)21-12-14-32(15-13-21)27-31-24-6-1-2-7-25(24)33(27)18-20-4-3-5-23(29)16-20/h1-11,16,21H,12-15,17-18H2,(H,30,34). The van der Waals surface area contributed by atoms with Crippen LogP contribution in [0, 0.1) is 11.7 Å². The number of carbonyl (C=O) groups is 1. The minimum Gasteiger partial charge on any atom is -0.352 e. The molecule has 0 radical (unpaired) electrons. The largest absolute Gasteiger partial charge is 0.352 e. The number of amides is 1. The Morgan fingerprint density at radius 1 is 1.00 bits per heavy atom. The fourth-order valence-corrected chi connectivity index (χ4v) is 4.68. The van der Waals surface area contributed by atoms with Gasteiger partial charge in [-0.3, -0.25) is 4.79 Å². The lowest BCUT2D eigenvalue weighted by Crippen LogP contribution is -2.41. The summed E-state index contributed by atoms with van der Waals surface area (Å²) in [6, 6.07) is 22.2. The molecule has 5 nitrogen and oxygen atoms in total. The predicted octanol–water partition coefficient (Wildman–Crippen LogP) is 5.41. The average Bonchev–Trinajstić information content (AvgIpc) is 3.22. The third-order valence-corrected chi connectivity index (χ3v) is 6.64. The predicted molar refractivity (Wildman–Crippen MR) is 133 cm³/mol. The fraction of sp³-hybridized carbons (Fsp3) is 0.259. The molecule has 34 heavy (non-hydrogen) atoms. The number of carbonyl (C=O) groups excluding carboxylic acids is 1. The number of halogens is 2. The molecule has 0 unspecified atom stereocenters. The number of nitrogens with one attached hydrogen (secondary N) is 1. The van der Waals surface area contributed by atoms with E-state index in [1.54, 1.807) is 12.1 Å². The Morgan fingerprint density at radius 3 is 2.53 bits per heavy atom. The smallest absolute Gasteiger partial charge is 0.223 e. The second-order valence-corrected chi connectivity index (χ2v) is 9.16. The zero-order valence-corrected chi connectivity index (χ0v) is 19.5. The number of imidazole rings is 1. The highest BCUT2D eigenvalue weighted by atomic mass is 35.5. The van der Waals surface area contributed by atoms with E-state index in [9.17, 15) is 9.18 Å². The number of anilines is 1. The summed E-state index contributed by atoms with van der Waals surface area (Å²) in [5, 5.41) is 3.74. The molecule has 1 aliphatic heterocycles. The molecule has 4 aromatic rings. The lowest BCUT2D eigenvalue weighted by atomic mass is 9.96. The highest BCUT2D eigenvalue weighted by Crippen LogP contribution is 2.28. The molecule has 1 aromatic heterocycles. The van der Waals surface area contributed by atoms with E-state index in [4.69, 9.17) is 16.6 Å². The molecule has 1 saturated heterocycles. The highest BCUT2D eigenvalue weighted by molar-refractivity contribution is 6.30. The zero-order valence-electron chi connectivity index (χ0n) is 18.8.